The summed E-state index contributed by atoms with van der Waals surface area (Å²) in [4.78, 5) is 11.8. The molecule has 0 aliphatic heterocycles. The summed E-state index contributed by atoms with van der Waals surface area (Å²) in [5.74, 6) is 0. The van der Waals surface area contributed by atoms with Gasteiger partial charge in [-0.1, -0.05) is 36.4 Å². The predicted octanol–water partition coefficient (Wildman–Crippen LogP) is 3.78. The lowest BCUT2D eigenvalue weighted by Crippen LogP contribution is -1.85. The molecule has 0 amide bonds. The molecule has 0 unspecified atom stereocenters. The van der Waals surface area contributed by atoms with E-state index in [9.17, 15) is 0 Å². The van der Waals surface area contributed by atoms with Crippen LogP contribution in [0, 0.1) is 0 Å². The van der Waals surface area contributed by atoms with Crippen LogP contribution in [0.15, 0.2) is 61.1 Å². The van der Waals surface area contributed by atoms with E-state index in [2.05, 4.69) is 51.4 Å². The van der Waals surface area contributed by atoms with Crippen LogP contribution in [0.4, 0.5) is 0 Å². The third-order valence-corrected chi connectivity index (χ3v) is 3.40. The summed E-state index contributed by atoms with van der Waals surface area (Å²) in [5.41, 5.74) is 4.32. The first-order chi connectivity index (χ1) is 9.43. The van der Waals surface area contributed by atoms with Crippen molar-refractivity contribution in [3.63, 3.8) is 0 Å². The van der Waals surface area contributed by atoms with Gasteiger partial charge in [-0.3, -0.25) is 0 Å². The normalized spacial score (nSPS) is 11.2. The van der Waals surface area contributed by atoms with Gasteiger partial charge in [0.25, 0.3) is 0 Å². The zero-order chi connectivity index (χ0) is 12.7. The standard InChI is InChI=1S/C16H11N3/c1-2-7-15-11(4-1)12-5-3-6-13(16(12)19-15)14-8-9-17-10-18-14/h1-10,19H. The smallest absolute Gasteiger partial charge is 0.116 e. The number of fused-ring (bicyclic) bond motifs is 3. The Labute approximate surface area is 110 Å². The minimum absolute atomic E-state index is 0.937. The highest BCUT2D eigenvalue weighted by Gasteiger charge is 2.09. The average molecular weight is 245 g/mol. The van der Waals surface area contributed by atoms with Gasteiger partial charge < -0.3 is 4.98 Å². The van der Waals surface area contributed by atoms with E-state index in [1.807, 2.05) is 12.1 Å². The predicted molar refractivity (Wildman–Crippen MR) is 76.8 cm³/mol. The molecule has 0 bridgehead atoms. The molecule has 4 rings (SSSR count). The van der Waals surface area contributed by atoms with Crippen molar-refractivity contribution in [3.05, 3.63) is 61.1 Å². The third kappa shape index (κ3) is 1.52. The van der Waals surface area contributed by atoms with E-state index >= 15 is 0 Å². The summed E-state index contributed by atoms with van der Waals surface area (Å²) in [6, 6.07) is 16.6. The van der Waals surface area contributed by atoms with Gasteiger partial charge in [0.1, 0.15) is 6.33 Å². The van der Waals surface area contributed by atoms with Gasteiger partial charge in [0.2, 0.25) is 0 Å². The second-order valence-electron chi connectivity index (χ2n) is 4.49. The van der Waals surface area contributed by atoms with E-state index in [0.717, 1.165) is 22.3 Å². The summed E-state index contributed by atoms with van der Waals surface area (Å²) < 4.78 is 0. The Hall–Kier alpha value is -2.68. The van der Waals surface area contributed by atoms with E-state index in [4.69, 9.17) is 0 Å². The van der Waals surface area contributed by atoms with Crippen LogP contribution in [-0.2, 0) is 0 Å². The van der Waals surface area contributed by atoms with Gasteiger partial charge in [-0.2, -0.15) is 0 Å². The van der Waals surface area contributed by atoms with Crippen molar-refractivity contribution >= 4 is 21.8 Å². The van der Waals surface area contributed by atoms with Gasteiger partial charge in [-0.15, -0.1) is 0 Å². The number of hydrogen-bond donors (Lipinski definition) is 1. The first kappa shape index (κ1) is 10.3. The summed E-state index contributed by atoms with van der Waals surface area (Å²) in [7, 11) is 0. The Bertz CT molecular complexity index is 863. The molecule has 2 heterocycles. The van der Waals surface area contributed by atoms with Crippen LogP contribution in [-0.4, -0.2) is 15.0 Å². The van der Waals surface area contributed by atoms with E-state index in [-0.39, 0.29) is 0 Å². The number of rotatable bonds is 1. The molecule has 19 heavy (non-hydrogen) atoms. The zero-order valence-electron chi connectivity index (χ0n) is 10.2. The maximum atomic E-state index is 4.34. The van der Waals surface area contributed by atoms with Crippen LogP contribution in [0.2, 0.25) is 0 Å². The van der Waals surface area contributed by atoms with Crippen molar-refractivity contribution < 1.29 is 0 Å². The Morgan fingerprint density at radius 2 is 1.74 bits per heavy atom. The highest BCUT2D eigenvalue weighted by Crippen LogP contribution is 2.31. The molecule has 3 nitrogen and oxygen atoms in total. The molecule has 0 spiro atoms. The molecule has 1 N–H and O–H groups in total. The molecule has 3 heteroatoms. The number of aromatic nitrogens is 3. The van der Waals surface area contributed by atoms with Gasteiger partial charge in [0.15, 0.2) is 0 Å². The molecule has 2 aromatic heterocycles. The third-order valence-electron chi connectivity index (χ3n) is 3.40. The fourth-order valence-corrected chi connectivity index (χ4v) is 2.54. The Morgan fingerprint density at radius 1 is 0.842 bits per heavy atom. The molecule has 90 valence electrons. The van der Waals surface area contributed by atoms with Crippen molar-refractivity contribution in [1.82, 2.24) is 15.0 Å². The second kappa shape index (κ2) is 3.92. The van der Waals surface area contributed by atoms with Crippen LogP contribution in [0.3, 0.4) is 0 Å². The van der Waals surface area contributed by atoms with Gasteiger partial charge in [0, 0.05) is 28.0 Å². The highest BCUT2D eigenvalue weighted by atomic mass is 14.8. The Morgan fingerprint density at radius 3 is 2.63 bits per heavy atom. The lowest BCUT2D eigenvalue weighted by molar-refractivity contribution is 1.17. The molecular weight excluding hydrogens is 234 g/mol. The first-order valence-corrected chi connectivity index (χ1v) is 6.19. The molecule has 0 aliphatic rings. The molecule has 2 aromatic carbocycles. The minimum Gasteiger partial charge on any atom is -0.354 e. The molecule has 0 fully saturated rings. The summed E-state index contributed by atoms with van der Waals surface area (Å²) in [6.45, 7) is 0. The molecule has 4 aromatic rings. The number of nitrogens with one attached hydrogen (secondary N) is 1. The van der Waals surface area contributed by atoms with E-state index in [0.29, 0.717) is 0 Å². The van der Waals surface area contributed by atoms with E-state index < -0.39 is 0 Å². The van der Waals surface area contributed by atoms with Crippen LogP contribution in [0.25, 0.3) is 33.1 Å². The van der Waals surface area contributed by atoms with Crippen molar-refractivity contribution in [2.45, 2.75) is 0 Å². The SMILES string of the molecule is c1ccc2c(c1)[nH]c1c(-c3ccncn3)cccc12. The Balaban J connectivity index is 2.13. The van der Waals surface area contributed by atoms with E-state index in [1.165, 1.54) is 10.8 Å². The monoisotopic (exact) mass is 245 g/mol. The van der Waals surface area contributed by atoms with Gasteiger partial charge >= 0.3 is 0 Å². The number of nitrogens with zero attached hydrogens (tertiary/aromatic N) is 2. The maximum Gasteiger partial charge on any atom is 0.116 e. The lowest BCUT2D eigenvalue weighted by atomic mass is 10.1. The molecule has 0 aliphatic carbocycles. The summed E-state index contributed by atoms with van der Waals surface area (Å²) in [6.07, 6.45) is 3.35. The number of H-pyrrole nitrogens is 1. The van der Waals surface area contributed by atoms with Gasteiger partial charge in [-0.05, 0) is 12.1 Å². The van der Waals surface area contributed by atoms with Crippen molar-refractivity contribution in [1.29, 1.82) is 0 Å². The molecular formula is C16H11N3. The molecule has 0 saturated carbocycles. The quantitative estimate of drug-likeness (QED) is 0.554. The molecule has 0 atom stereocenters. The first-order valence-electron chi connectivity index (χ1n) is 6.19. The summed E-state index contributed by atoms with van der Waals surface area (Å²) >= 11 is 0. The largest absolute Gasteiger partial charge is 0.354 e. The van der Waals surface area contributed by atoms with Gasteiger partial charge in [0.05, 0.1) is 11.2 Å². The minimum atomic E-state index is 0.937. The van der Waals surface area contributed by atoms with Crippen molar-refractivity contribution in [2.24, 2.45) is 0 Å². The fraction of sp³-hybridized carbons (Fsp3) is 0. The highest BCUT2D eigenvalue weighted by molar-refractivity contribution is 6.11. The van der Waals surface area contributed by atoms with Crippen LogP contribution in [0.5, 0.6) is 0 Å². The number of para-hydroxylation sites is 2. The fourth-order valence-electron chi connectivity index (χ4n) is 2.54. The number of benzene rings is 2. The second-order valence-corrected chi connectivity index (χ2v) is 4.49. The van der Waals surface area contributed by atoms with Gasteiger partial charge in [-0.25, -0.2) is 9.97 Å². The lowest BCUT2D eigenvalue weighted by Gasteiger charge is -2.01. The van der Waals surface area contributed by atoms with Crippen molar-refractivity contribution in [2.75, 3.05) is 0 Å². The zero-order valence-corrected chi connectivity index (χ0v) is 10.2. The summed E-state index contributed by atoms with van der Waals surface area (Å²) in [5, 5.41) is 2.47. The number of aromatic amines is 1. The van der Waals surface area contributed by atoms with Crippen LogP contribution >= 0.6 is 0 Å². The average Bonchev–Trinajstić information content (AvgIpc) is 2.87. The topological polar surface area (TPSA) is 41.6 Å². The van der Waals surface area contributed by atoms with Crippen LogP contribution in [0.1, 0.15) is 0 Å². The number of hydrogen-bond acceptors (Lipinski definition) is 2. The maximum absolute atomic E-state index is 4.34. The van der Waals surface area contributed by atoms with Crippen LogP contribution < -0.4 is 0 Å². The molecule has 0 saturated heterocycles. The van der Waals surface area contributed by atoms with E-state index in [1.54, 1.807) is 12.5 Å². The van der Waals surface area contributed by atoms with Crippen molar-refractivity contribution in [3.8, 4) is 11.3 Å². The Kier molecular flexibility index (Phi) is 2.12. The molecule has 0 radical (unpaired) electrons.